The van der Waals surface area contributed by atoms with Crippen LogP contribution in [0.4, 0.5) is 4.79 Å². The van der Waals surface area contributed by atoms with Crippen molar-refractivity contribution in [1.82, 2.24) is 10.2 Å². The van der Waals surface area contributed by atoms with Crippen LogP contribution in [0.15, 0.2) is 60.7 Å². The Kier molecular flexibility index (Phi) is 5.86. The molecule has 2 aromatic carbocycles. The van der Waals surface area contributed by atoms with Crippen molar-refractivity contribution in [3.8, 4) is 5.75 Å². The van der Waals surface area contributed by atoms with Crippen LogP contribution in [0.2, 0.25) is 0 Å². The van der Waals surface area contributed by atoms with E-state index < -0.39 is 18.2 Å². The third-order valence-corrected chi connectivity index (χ3v) is 4.32. The summed E-state index contributed by atoms with van der Waals surface area (Å²) in [5.41, 5.74) is 1.12. The number of carbonyl (C=O) groups excluding carboxylic acids is 2. The number of hydrogen-bond donors (Lipinski definition) is 2. The average molecular weight is 354 g/mol. The standard InChI is InChI=1S/C20H22N2O4/c23-16-13-18(19(24)21-12-11-15-7-3-1-4-8-15)22(14-16)20(25)26-17-9-5-2-6-10-17/h1-10,16,18,23H,11-14H2,(H,21,24)/t16-,18+/m1/s1. The zero-order valence-electron chi connectivity index (χ0n) is 14.4. The Balaban J connectivity index is 1.56. The van der Waals surface area contributed by atoms with Gasteiger partial charge in [-0.2, -0.15) is 0 Å². The lowest BCUT2D eigenvalue weighted by Gasteiger charge is -2.22. The van der Waals surface area contributed by atoms with Crippen molar-refractivity contribution in [2.24, 2.45) is 0 Å². The van der Waals surface area contributed by atoms with Crippen LogP contribution in [0.25, 0.3) is 0 Å². The fraction of sp³-hybridized carbons (Fsp3) is 0.300. The summed E-state index contributed by atoms with van der Waals surface area (Å²) in [4.78, 5) is 26.1. The van der Waals surface area contributed by atoms with Crippen molar-refractivity contribution in [2.45, 2.75) is 25.0 Å². The van der Waals surface area contributed by atoms with Gasteiger partial charge in [0.1, 0.15) is 11.8 Å². The van der Waals surface area contributed by atoms with E-state index in [0.717, 1.165) is 5.56 Å². The van der Waals surface area contributed by atoms with E-state index in [2.05, 4.69) is 5.32 Å². The van der Waals surface area contributed by atoms with E-state index in [4.69, 9.17) is 4.74 Å². The highest BCUT2D eigenvalue weighted by molar-refractivity contribution is 5.86. The zero-order valence-corrected chi connectivity index (χ0v) is 14.4. The monoisotopic (exact) mass is 354 g/mol. The first-order valence-electron chi connectivity index (χ1n) is 8.66. The third kappa shape index (κ3) is 4.61. The first-order valence-corrected chi connectivity index (χ1v) is 8.66. The second-order valence-corrected chi connectivity index (χ2v) is 6.27. The van der Waals surface area contributed by atoms with Crippen molar-refractivity contribution >= 4 is 12.0 Å². The molecule has 2 N–H and O–H groups in total. The van der Waals surface area contributed by atoms with Crippen molar-refractivity contribution in [1.29, 1.82) is 0 Å². The first kappa shape index (κ1) is 17.9. The number of aliphatic hydroxyl groups excluding tert-OH is 1. The summed E-state index contributed by atoms with van der Waals surface area (Å²) in [6.07, 6.45) is -0.448. The van der Waals surface area contributed by atoms with Crippen LogP contribution in [-0.2, 0) is 11.2 Å². The van der Waals surface area contributed by atoms with E-state index in [1.54, 1.807) is 24.3 Å². The average Bonchev–Trinajstić information content (AvgIpc) is 3.05. The Morgan fingerprint density at radius 2 is 1.73 bits per heavy atom. The van der Waals surface area contributed by atoms with E-state index in [1.807, 2.05) is 36.4 Å². The zero-order chi connectivity index (χ0) is 18.4. The van der Waals surface area contributed by atoms with Crippen molar-refractivity contribution < 1.29 is 19.4 Å². The lowest BCUT2D eigenvalue weighted by Crippen LogP contribution is -2.47. The quantitative estimate of drug-likeness (QED) is 0.861. The molecule has 2 amide bonds. The first-order chi connectivity index (χ1) is 12.6. The number of hydrogen-bond acceptors (Lipinski definition) is 4. The van der Waals surface area contributed by atoms with E-state index in [-0.39, 0.29) is 18.9 Å². The van der Waals surface area contributed by atoms with Crippen molar-refractivity contribution in [3.63, 3.8) is 0 Å². The molecular weight excluding hydrogens is 332 g/mol. The number of ether oxygens (including phenoxy) is 1. The molecule has 0 unspecified atom stereocenters. The fourth-order valence-corrected chi connectivity index (χ4v) is 3.00. The van der Waals surface area contributed by atoms with Gasteiger partial charge in [-0.3, -0.25) is 9.69 Å². The highest BCUT2D eigenvalue weighted by atomic mass is 16.6. The third-order valence-electron chi connectivity index (χ3n) is 4.32. The van der Waals surface area contributed by atoms with Gasteiger partial charge in [0.05, 0.1) is 12.6 Å². The normalized spacial score (nSPS) is 19.2. The van der Waals surface area contributed by atoms with Gasteiger partial charge in [-0.1, -0.05) is 48.5 Å². The molecule has 26 heavy (non-hydrogen) atoms. The van der Waals surface area contributed by atoms with Crippen LogP contribution in [0, 0.1) is 0 Å². The Labute approximate surface area is 152 Å². The van der Waals surface area contributed by atoms with E-state index >= 15 is 0 Å². The van der Waals surface area contributed by atoms with Crippen LogP contribution in [-0.4, -0.2) is 47.2 Å². The van der Waals surface area contributed by atoms with E-state index in [9.17, 15) is 14.7 Å². The largest absolute Gasteiger partial charge is 0.416 e. The van der Waals surface area contributed by atoms with Crippen LogP contribution >= 0.6 is 0 Å². The smallest absolute Gasteiger partial charge is 0.410 e. The molecule has 136 valence electrons. The highest BCUT2D eigenvalue weighted by Crippen LogP contribution is 2.20. The van der Waals surface area contributed by atoms with Gasteiger partial charge in [0.2, 0.25) is 5.91 Å². The molecule has 3 rings (SSSR count). The number of para-hydroxylation sites is 1. The predicted molar refractivity (Wildman–Crippen MR) is 96.7 cm³/mol. The van der Waals surface area contributed by atoms with Gasteiger partial charge in [0.25, 0.3) is 0 Å². The summed E-state index contributed by atoms with van der Waals surface area (Å²) in [7, 11) is 0. The molecule has 2 aromatic rings. The second kappa shape index (κ2) is 8.49. The van der Waals surface area contributed by atoms with Crippen molar-refractivity contribution in [3.05, 3.63) is 66.2 Å². The molecule has 0 spiro atoms. The van der Waals surface area contributed by atoms with Gasteiger partial charge >= 0.3 is 6.09 Å². The van der Waals surface area contributed by atoms with Crippen molar-refractivity contribution in [2.75, 3.05) is 13.1 Å². The number of benzene rings is 2. The topological polar surface area (TPSA) is 78.9 Å². The lowest BCUT2D eigenvalue weighted by atomic mass is 10.1. The molecule has 1 saturated heterocycles. The van der Waals surface area contributed by atoms with E-state index in [1.165, 1.54) is 4.90 Å². The van der Waals surface area contributed by atoms with Gasteiger partial charge in [-0.15, -0.1) is 0 Å². The minimum absolute atomic E-state index is 0.0858. The number of nitrogens with zero attached hydrogens (tertiary/aromatic N) is 1. The molecule has 0 aliphatic carbocycles. The minimum atomic E-state index is -0.733. The molecule has 0 bridgehead atoms. The van der Waals surface area contributed by atoms with Gasteiger partial charge in [0, 0.05) is 13.0 Å². The number of likely N-dealkylation sites (tertiary alicyclic amines) is 1. The maximum absolute atomic E-state index is 12.5. The minimum Gasteiger partial charge on any atom is -0.410 e. The Hall–Kier alpha value is -2.86. The molecule has 1 aliphatic rings. The van der Waals surface area contributed by atoms with E-state index in [0.29, 0.717) is 18.7 Å². The Morgan fingerprint density at radius 3 is 2.42 bits per heavy atom. The number of rotatable bonds is 5. The summed E-state index contributed by atoms with van der Waals surface area (Å²) in [5, 5.41) is 12.8. The maximum atomic E-state index is 12.5. The Bertz CT molecular complexity index is 736. The Morgan fingerprint density at radius 1 is 1.08 bits per heavy atom. The summed E-state index contributed by atoms with van der Waals surface area (Å²) < 4.78 is 5.30. The molecule has 1 fully saturated rings. The molecule has 0 radical (unpaired) electrons. The summed E-state index contributed by atoms with van der Waals surface area (Å²) >= 11 is 0. The lowest BCUT2D eigenvalue weighted by molar-refractivity contribution is -0.124. The van der Waals surface area contributed by atoms with Gasteiger partial charge in [-0.05, 0) is 24.1 Å². The van der Waals surface area contributed by atoms with Gasteiger partial charge in [-0.25, -0.2) is 4.79 Å². The maximum Gasteiger partial charge on any atom is 0.416 e. The number of amides is 2. The second-order valence-electron chi connectivity index (χ2n) is 6.27. The molecule has 6 heteroatoms. The van der Waals surface area contributed by atoms with Crippen LogP contribution in [0.3, 0.4) is 0 Å². The molecule has 0 saturated carbocycles. The van der Waals surface area contributed by atoms with Crippen LogP contribution < -0.4 is 10.1 Å². The van der Waals surface area contributed by atoms with Crippen LogP contribution in [0.1, 0.15) is 12.0 Å². The molecule has 6 nitrogen and oxygen atoms in total. The molecular formula is C20H22N2O4. The summed E-state index contributed by atoms with van der Waals surface area (Å²) in [6, 6.07) is 17.8. The molecule has 1 heterocycles. The SMILES string of the molecule is O=C(NCCc1ccccc1)[C@@H]1C[C@@H](O)CN1C(=O)Oc1ccccc1. The number of β-amino-alcohol motifs (C(OH)–C–C–N with tert-alkyl or cyclic N) is 1. The van der Waals surface area contributed by atoms with Gasteiger partial charge in [0.15, 0.2) is 0 Å². The molecule has 2 atom stereocenters. The number of nitrogens with one attached hydrogen (secondary N) is 1. The summed E-state index contributed by atoms with van der Waals surface area (Å²) in [6.45, 7) is 0.555. The van der Waals surface area contributed by atoms with Crippen LogP contribution in [0.5, 0.6) is 5.75 Å². The number of aliphatic hydroxyl groups is 1. The predicted octanol–water partition coefficient (Wildman–Crippen LogP) is 1.98. The fourth-order valence-electron chi connectivity index (χ4n) is 3.00. The van der Waals surface area contributed by atoms with Gasteiger partial charge < -0.3 is 15.2 Å². The summed E-state index contributed by atoms with van der Waals surface area (Å²) in [5.74, 6) is 0.129. The highest BCUT2D eigenvalue weighted by Gasteiger charge is 2.39. The number of carbonyl (C=O) groups is 2. The molecule has 1 aliphatic heterocycles. The molecule has 0 aromatic heterocycles.